The maximum Gasteiger partial charge on any atom is 0.462 e. The van der Waals surface area contributed by atoms with Gasteiger partial charge in [-0.2, -0.15) is 26.3 Å². The molecule has 1 aliphatic rings. The molecule has 1 unspecified atom stereocenters. The highest BCUT2D eigenvalue weighted by Gasteiger charge is 2.68. The van der Waals surface area contributed by atoms with Gasteiger partial charge in [0.05, 0.1) is 0 Å². The first-order valence-electron chi connectivity index (χ1n) is 4.79. The van der Waals surface area contributed by atoms with Gasteiger partial charge in [-0.05, 0) is 12.1 Å². The number of ether oxygens (including phenoxy) is 1. The van der Waals surface area contributed by atoms with Crippen LogP contribution in [0.25, 0.3) is 0 Å². The van der Waals surface area contributed by atoms with E-state index in [0.29, 0.717) is 0 Å². The normalized spacial score (nSPS) is 23.4. The second kappa shape index (κ2) is 3.86. The van der Waals surface area contributed by atoms with Crippen LogP contribution in [0.3, 0.4) is 0 Å². The molecule has 0 spiro atoms. The lowest BCUT2D eigenvalue weighted by molar-refractivity contribution is -0.307. The molecule has 0 aliphatic carbocycles. The molecule has 1 atom stereocenters. The van der Waals surface area contributed by atoms with Gasteiger partial charge in [-0.15, -0.1) is 0 Å². The van der Waals surface area contributed by atoms with Gasteiger partial charge in [-0.25, -0.2) is 4.99 Å². The summed E-state index contributed by atoms with van der Waals surface area (Å²) in [5.41, 5.74) is -2.89. The Morgan fingerprint density at radius 1 is 1.05 bits per heavy atom. The molecular weight excluding hydrogens is 280 g/mol. The average Bonchev–Trinajstić information content (AvgIpc) is 2.25. The first-order valence-corrected chi connectivity index (χ1v) is 4.79. The number of hydrogen-bond acceptors (Lipinski definition) is 3. The Morgan fingerprint density at radius 3 is 2.16 bits per heavy atom. The van der Waals surface area contributed by atoms with E-state index in [1.54, 1.807) is 0 Å². The van der Waals surface area contributed by atoms with Crippen molar-refractivity contribution in [3.05, 3.63) is 24.3 Å². The highest BCUT2D eigenvalue weighted by Crippen LogP contribution is 2.45. The van der Waals surface area contributed by atoms with Gasteiger partial charge in [0.2, 0.25) is 5.71 Å². The molecule has 1 aromatic carbocycles. The lowest BCUT2D eigenvalue weighted by atomic mass is 10.1. The van der Waals surface area contributed by atoms with E-state index in [0.717, 1.165) is 12.1 Å². The maximum absolute atomic E-state index is 12.6. The summed E-state index contributed by atoms with van der Waals surface area (Å²) in [5.74, 6) is -5.10. The minimum Gasteiger partial charge on any atom is -0.446 e. The minimum absolute atomic E-state index is 0.441. The molecule has 2 rings (SSSR count). The zero-order chi connectivity index (χ0) is 14.5. The van der Waals surface area contributed by atoms with Crippen molar-refractivity contribution < 1.29 is 36.2 Å². The van der Waals surface area contributed by atoms with E-state index in [1.165, 1.54) is 12.1 Å². The van der Waals surface area contributed by atoms with E-state index in [1.807, 2.05) is 0 Å². The Bertz CT molecular complexity index is 536. The summed E-state index contributed by atoms with van der Waals surface area (Å²) in [4.78, 5) is 2.83. The molecule has 9 heteroatoms. The van der Waals surface area contributed by atoms with E-state index in [9.17, 15) is 31.4 Å². The highest BCUT2D eigenvalue weighted by molar-refractivity contribution is 6.00. The van der Waals surface area contributed by atoms with Crippen LogP contribution in [0.1, 0.15) is 0 Å². The Kier molecular flexibility index (Phi) is 2.77. The molecule has 0 saturated carbocycles. The van der Waals surface area contributed by atoms with Crippen molar-refractivity contribution >= 4 is 11.4 Å². The molecule has 0 bridgehead atoms. The quantitative estimate of drug-likeness (QED) is 0.745. The Labute approximate surface area is 102 Å². The van der Waals surface area contributed by atoms with Crippen molar-refractivity contribution in [1.29, 1.82) is 0 Å². The van der Waals surface area contributed by atoms with Crippen molar-refractivity contribution in [2.24, 2.45) is 4.99 Å². The molecule has 0 fully saturated rings. The third kappa shape index (κ3) is 2.14. The molecule has 1 heterocycles. The van der Waals surface area contributed by atoms with Gasteiger partial charge in [-0.3, -0.25) is 0 Å². The average molecular weight is 285 g/mol. The molecule has 19 heavy (non-hydrogen) atoms. The predicted octanol–water partition coefficient (Wildman–Crippen LogP) is 2.96. The van der Waals surface area contributed by atoms with Crippen LogP contribution in [-0.2, 0) is 0 Å². The molecule has 0 aromatic heterocycles. The van der Waals surface area contributed by atoms with E-state index in [4.69, 9.17) is 0 Å². The van der Waals surface area contributed by atoms with E-state index >= 15 is 0 Å². The number of alkyl halides is 6. The lowest BCUT2D eigenvalue weighted by Crippen LogP contribution is -2.61. The summed E-state index contributed by atoms with van der Waals surface area (Å²) in [7, 11) is 0. The van der Waals surface area contributed by atoms with Crippen LogP contribution in [0.2, 0.25) is 0 Å². The fraction of sp³-hybridized carbons (Fsp3) is 0.300. The zero-order valence-corrected chi connectivity index (χ0v) is 8.88. The molecule has 1 aliphatic heterocycles. The summed E-state index contributed by atoms with van der Waals surface area (Å²) in [6.45, 7) is 0. The van der Waals surface area contributed by atoms with Crippen LogP contribution in [0, 0.1) is 0 Å². The summed E-state index contributed by atoms with van der Waals surface area (Å²) in [6.07, 6.45) is -11.2. The molecule has 1 aromatic rings. The molecule has 0 amide bonds. The van der Waals surface area contributed by atoms with Gasteiger partial charge in [0.25, 0.3) is 0 Å². The van der Waals surface area contributed by atoms with E-state index < -0.39 is 35.3 Å². The second-order valence-corrected chi connectivity index (χ2v) is 3.67. The number of fused-ring (bicyclic) bond motifs is 1. The van der Waals surface area contributed by atoms with Crippen molar-refractivity contribution in [2.75, 3.05) is 0 Å². The van der Waals surface area contributed by atoms with Crippen LogP contribution in [0.4, 0.5) is 32.0 Å². The molecule has 3 nitrogen and oxygen atoms in total. The van der Waals surface area contributed by atoms with E-state index in [-0.39, 0.29) is 0 Å². The van der Waals surface area contributed by atoms with Crippen molar-refractivity contribution in [1.82, 2.24) is 0 Å². The van der Waals surface area contributed by atoms with Gasteiger partial charge in [-0.1, -0.05) is 12.1 Å². The Morgan fingerprint density at radius 2 is 1.63 bits per heavy atom. The third-order valence-electron chi connectivity index (χ3n) is 2.33. The number of aliphatic imine (C=N–C) groups is 1. The predicted molar refractivity (Wildman–Crippen MR) is 51.2 cm³/mol. The van der Waals surface area contributed by atoms with Crippen molar-refractivity contribution in [3.8, 4) is 5.75 Å². The SMILES string of the molecule is OC1(C(F)(F)F)Oc2ccccc2N=C1C(F)(F)F. The summed E-state index contributed by atoms with van der Waals surface area (Å²) >= 11 is 0. The second-order valence-electron chi connectivity index (χ2n) is 3.67. The minimum atomic E-state index is -5.69. The fourth-order valence-corrected chi connectivity index (χ4v) is 1.49. The monoisotopic (exact) mass is 285 g/mol. The van der Waals surface area contributed by atoms with Gasteiger partial charge in [0.1, 0.15) is 11.4 Å². The first-order chi connectivity index (χ1) is 8.56. The number of para-hydroxylation sites is 2. The number of benzene rings is 1. The van der Waals surface area contributed by atoms with Crippen LogP contribution < -0.4 is 4.74 Å². The summed E-state index contributed by atoms with van der Waals surface area (Å²) < 4.78 is 79.8. The smallest absolute Gasteiger partial charge is 0.446 e. The molecular formula is C10H5F6NO2. The zero-order valence-electron chi connectivity index (χ0n) is 8.88. The lowest BCUT2D eigenvalue weighted by Gasteiger charge is -2.35. The fourth-order valence-electron chi connectivity index (χ4n) is 1.49. The van der Waals surface area contributed by atoms with Crippen LogP contribution in [0.5, 0.6) is 5.75 Å². The number of aliphatic hydroxyl groups is 1. The van der Waals surface area contributed by atoms with Crippen LogP contribution >= 0.6 is 0 Å². The first kappa shape index (κ1) is 13.7. The Balaban J connectivity index is 2.66. The summed E-state index contributed by atoms with van der Waals surface area (Å²) in [6, 6.07) is 4.53. The summed E-state index contributed by atoms with van der Waals surface area (Å²) in [5, 5.41) is 9.25. The van der Waals surface area contributed by atoms with Crippen LogP contribution in [0.15, 0.2) is 29.3 Å². The van der Waals surface area contributed by atoms with Crippen molar-refractivity contribution in [2.45, 2.75) is 18.1 Å². The molecule has 0 radical (unpaired) electrons. The Hall–Kier alpha value is -1.77. The number of halogens is 6. The molecule has 0 saturated heterocycles. The topological polar surface area (TPSA) is 41.8 Å². The van der Waals surface area contributed by atoms with Gasteiger partial charge >= 0.3 is 18.1 Å². The van der Waals surface area contributed by atoms with E-state index in [2.05, 4.69) is 9.73 Å². The highest BCUT2D eigenvalue weighted by atomic mass is 19.4. The standard InChI is InChI=1S/C10H5F6NO2/c11-9(12,13)7-8(18,10(14,15)16)19-6-4-2-1-3-5(6)17-7/h1-4,18H. The third-order valence-corrected chi connectivity index (χ3v) is 2.33. The molecule has 104 valence electrons. The van der Waals surface area contributed by atoms with Crippen molar-refractivity contribution in [3.63, 3.8) is 0 Å². The largest absolute Gasteiger partial charge is 0.462 e. The van der Waals surface area contributed by atoms with Crippen LogP contribution in [-0.4, -0.2) is 29.0 Å². The maximum atomic E-state index is 12.6. The number of hydrogen-bond donors (Lipinski definition) is 1. The molecule has 1 N–H and O–H groups in total. The number of rotatable bonds is 0. The van der Waals surface area contributed by atoms with Gasteiger partial charge in [0.15, 0.2) is 0 Å². The van der Waals surface area contributed by atoms with Gasteiger partial charge < -0.3 is 9.84 Å². The van der Waals surface area contributed by atoms with Gasteiger partial charge in [0, 0.05) is 0 Å². The number of nitrogens with zero attached hydrogens (tertiary/aromatic N) is 1.